The molecule has 0 radical (unpaired) electrons. The molecule has 2 N–H and O–H groups in total. The van der Waals surface area contributed by atoms with E-state index in [1.165, 1.54) is 12.3 Å². The summed E-state index contributed by atoms with van der Waals surface area (Å²) in [6, 6.07) is 10.7. The van der Waals surface area contributed by atoms with Crippen LogP contribution in [0.1, 0.15) is 11.1 Å². The number of halogens is 6. The van der Waals surface area contributed by atoms with Crippen LogP contribution in [0, 0.1) is 5.82 Å². The van der Waals surface area contributed by atoms with Gasteiger partial charge in [-0.25, -0.2) is 9.82 Å². The molecular weight excluding hydrogens is 433 g/mol. The molecule has 0 amide bonds. The average molecular weight is 444 g/mol. The maximum Gasteiger partial charge on any atom is 0.419 e. The minimum atomic E-state index is -4.83. The first-order chi connectivity index (χ1) is 13.7. The standard InChI is InChI=1S/C18H11Cl2F4N5/c19-11-3-1-10(2-4-11)9-25-29-17-27-15(20)8-16(28-17)26-12-5-6-14(21)13(7-12)18(22,23)24/h1-9H,(H2,26,27,28,29)/b25-9+. The number of alkyl halides is 3. The Morgan fingerprint density at radius 2 is 1.69 bits per heavy atom. The zero-order chi connectivity index (χ0) is 21.0. The smallest absolute Gasteiger partial charge is 0.340 e. The van der Waals surface area contributed by atoms with Crippen molar-refractivity contribution in [1.82, 2.24) is 9.97 Å². The van der Waals surface area contributed by atoms with Crippen LogP contribution in [0.4, 0.5) is 35.0 Å². The molecule has 0 aliphatic rings. The largest absolute Gasteiger partial charge is 0.419 e. The van der Waals surface area contributed by atoms with E-state index in [2.05, 4.69) is 25.8 Å². The van der Waals surface area contributed by atoms with Gasteiger partial charge in [-0.05, 0) is 35.9 Å². The number of anilines is 3. The summed E-state index contributed by atoms with van der Waals surface area (Å²) >= 11 is 11.7. The molecule has 1 aromatic heterocycles. The zero-order valence-electron chi connectivity index (χ0n) is 14.3. The molecule has 5 nitrogen and oxygen atoms in total. The molecule has 150 valence electrons. The van der Waals surface area contributed by atoms with Crippen molar-refractivity contribution in [2.24, 2.45) is 5.10 Å². The molecule has 0 unspecified atom stereocenters. The number of benzene rings is 2. The molecule has 0 saturated heterocycles. The second-order valence-corrected chi connectivity index (χ2v) is 6.46. The maximum atomic E-state index is 13.4. The van der Waals surface area contributed by atoms with Gasteiger partial charge in [-0.2, -0.15) is 28.2 Å². The summed E-state index contributed by atoms with van der Waals surface area (Å²) in [5, 5.41) is 7.19. The van der Waals surface area contributed by atoms with Crippen LogP contribution in [0.5, 0.6) is 0 Å². The quantitative estimate of drug-likeness (QED) is 0.215. The van der Waals surface area contributed by atoms with Crippen LogP contribution in [0.3, 0.4) is 0 Å². The van der Waals surface area contributed by atoms with E-state index >= 15 is 0 Å². The third kappa shape index (κ3) is 5.78. The van der Waals surface area contributed by atoms with Crippen molar-refractivity contribution in [2.45, 2.75) is 6.18 Å². The lowest BCUT2D eigenvalue weighted by Crippen LogP contribution is -2.09. The third-order valence-corrected chi connectivity index (χ3v) is 3.93. The van der Waals surface area contributed by atoms with Crippen LogP contribution in [0.25, 0.3) is 0 Å². The van der Waals surface area contributed by atoms with Crippen molar-refractivity contribution < 1.29 is 17.6 Å². The van der Waals surface area contributed by atoms with E-state index in [9.17, 15) is 17.6 Å². The lowest BCUT2D eigenvalue weighted by atomic mass is 10.2. The monoisotopic (exact) mass is 443 g/mol. The van der Waals surface area contributed by atoms with Gasteiger partial charge >= 0.3 is 6.18 Å². The topological polar surface area (TPSA) is 62.2 Å². The molecule has 0 aliphatic heterocycles. The van der Waals surface area contributed by atoms with Gasteiger partial charge in [0.25, 0.3) is 0 Å². The van der Waals surface area contributed by atoms with Crippen molar-refractivity contribution >= 4 is 46.9 Å². The minimum absolute atomic E-state index is 0.00312. The Morgan fingerprint density at radius 1 is 0.966 bits per heavy atom. The normalized spacial score (nSPS) is 11.7. The number of hydrogen-bond donors (Lipinski definition) is 2. The Morgan fingerprint density at radius 3 is 2.38 bits per heavy atom. The number of hydrogen-bond acceptors (Lipinski definition) is 5. The predicted octanol–water partition coefficient (Wildman–Crippen LogP) is 6.13. The summed E-state index contributed by atoms with van der Waals surface area (Å²) < 4.78 is 52.0. The first kappa shape index (κ1) is 20.8. The van der Waals surface area contributed by atoms with Gasteiger partial charge in [0, 0.05) is 16.8 Å². The molecule has 11 heteroatoms. The summed E-state index contributed by atoms with van der Waals surface area (Å²) in [6.45, 7) is 0. The summed E-state index contributed by atoms with van der Waals surface area (Å²) in [4.78, 5) is 7.98. The summed E-state index contributed by atoms with van der Waals surface area (Å²) in [6.07, 6.45) is -3.34. The first-order valence-electron chi connectivity index (χ1n) is 7.94. The highest BCUT2D eigenvalue weighted by atomic mass is 35.5. The predicted molar refractivity (Wildman–Crippen MR) is 104 cm³/mol. The van der Waals surface area contributed by atoms with Gasteiger partial charge in [-0.15, -0.1) is 0 Å². The number of rotatable bonds is 5. The molecule has 0 atom stereocenters. The fourth-order valence-corrected chi connectivity index (χ4v) is 2.52. The van der Waals surface area contributed by atoms with E-state index in [4.69, 9.17) is 23.2 Å². The molecule has 3 rings (SSSR count). The molecule has 0 spiro atoms. The van der Waals surface area contributed by atoms with Crippen molar-refractivity contribution in [3.8, 4) is 0 Å². The second-order valence-electron chi connectivity index (χ2n) is 5.64. The summed E-state index contributed by atoms with van der Waals surface area (Å²) in [7, 11) is 0. The van der Waals surface area contributed by atoms with Crippen molar-refractivity contribution in [1.29, 1.82) is 0 Å². The van der Waals surface area contributed by atoms with Gasteiger partial charge in [0.15, 0.2) is 0 Å². The van der Waals surface area contributed by atoms with Gasteiger partial charge in [0.2, 0.25) is 5.95 Å². The van der Waals surface area contributed by atoms with E-state index in [-0.39, 0.29) is 22.6 Å². The molecule has 0 aliphatic carbocycles. The van der Waals surface area contributed by atoms with Crippen molar-refractivity contribution in [3.63, 3.8) is 0 Å². The lowest BCUT2D eigenvalue weighted by molar-refractivity contribution is -0.139. The Hall–Kier alpha value is -2.91. The van der Waals surface area contributed by atoms with E-state index in [1.54, 1.807) is 24.3 Å². The van der Waals surface area contributed by atoms with Crippen molar-refractivity contribution in [3.05, 3.63) is 75.7 Å². The van der Waals surface area contributed by atoms with Crippen LogP contribution in [0.15, 0.2) is 53.6 Å². The molecule has 0 saturated carbocycles. The molecule has 0 fully saturated rings. The number of hydrazone groups is 1. The maximum absolute atomic E-state index is 13.4. The fraction of sp³-hybridized carbons (Fsp3) is 0.0556. The Kier molecular flexibility index (Phi) is 6.19. The van der Waals surface area contributed by atoms with E-state index in [0.717, 1.165) is 11.6 Å². The highest BCUT2D eigenvalue weighted by molar-refractivity contribution is 6.30. The Balaban J connectivity index is 1.76. The van der Waals surface area contributed by atoms with Gasteiger partial charge in [-0.1, -0.05) is 35.3 Å². The SMILES string of the molecule is Fc1ccc(Nc2cc(Cl)nc(N/N=C/c3ccc(Cl)cc3)n2)cc1C(F)(F)F. The number of nitrogens with one attached hydrogen (secondary N) is 2. The zero-order valence-corrected chi connectivity index (χ0v) is 15.8. The Labute approximate surface area is 172 Å². The summed E-state index contributed by atoms with van der Waals surface area (Å²) in [5.74, 6) is -1.28. The average Bonchev–Trinajstić information content (AvgIpc) is 2.64. The van der Waals surface area contributed by atoms with Crippen LogP contribution < -0.4 is 10.7 Å². The molecule has 2 aromatic carbocycles. The lowest BCUT2D eigenvalue weighted by Gasteiger charge is -2.12. The number of nitrogens with zero attached hydrogens (tertiary/aromatic N) is 3. The van der Waals surface area contributed by atoms with E-state index in [0.29, 0.717) is 17.2 Å². The third-order valence-electron chi connectivity index (χ3n) is 3.49. The van der Waals surface area contributed by atoms with Gasteiger partial charge < -0.3 is 5.32 Å². The van der Waals surface area contributed by atoms with Gasteiger partial charge in [0.1, 0.15) is 16.8 Å². The van der Waals surface area contributed by atoms with Crippen LogP contribution in [-0.2, 0) is 6.18 Å². The van der Waals surface area contributed by atoms with Crippen LogP contribution in [0.2, 0.25) is 10.2 Å². The number of aromatic nitrogens is 2. The van der Waals surface area contributed by atoms with Crippen molar-refractivity contribution in [2.75, 3.05) is 10.7 Å². The van der Waals surface area contributed by atoms with Crippen LogP contribution >= 0.6 is 23.2 Å². The highest BCUT2D eigenvalue weighted by Crippen LogP contribution is 2.33. The molecule has 0 bridgehead atoms. The van der Waals surface area contributed by atoms with E-state index < -0.39 is 17.6 Å². The van der Waals surface area contributed by atoms with Gasteiger partial charge in [-0.3, -0.25) is 0 Å². The van der Waals surface area contributed by atoms with Gasteiger partial charge in [0.05, 0.1) is 11.8 Å². The minimum Gasteiger partial charge on any atom is -0.340 e. The van der Waals surface area contributed by atoms with Crippen LogP contribution in [-0.4, -0.2) is 16.2 Å². The molecule has 3 aromatic rings. The Bertz CT molecular complexity index is 1040. The van der Waals surface area contributed by atoms with E-state index in [1.807, 2.05) is 0 Å². The summed E-state index contributed by atoms with van der Waals surface area (Å²) in [5.41, 5.74) is 1.91. The molecule has 29 heavy (non-hydrogen) atoms. The fourth-order valence-electron chi connectivity index (χ4n) is 2.21. The molecular formula is C18H11Cl2F4N5. The first-order valence-corrected chi connectivity index (χ1v) is 8.69. The second kappa shape index (κ2) is 8.62. The highest BCUT2D eigenvalue weighted by Gasteiger charge is 2.34. The molecule has 1 heterocycles.